The van der Waals surface area contributed by atoms with Gasteiger partial charge >= 0.3 is 0 Å². The molecule has 102 valence electrons. The van der Waals surface area contributed by atoms with E-state index in [9.17, 15) is 0 Å². The lowest BCUT2D eigenvalue weighted by Crippen LogP contribution is -2.45. The maximum absolute atomic E-state index is 5.98. The number of aromatic nitrogens is 1. The predicted molar refractivity (Wildman–Crippen MR) is 76.6 cm³/mol. The minimum atomic E-state index is 0.131. The van der Waals surface area contributed by atoms with E-state index in [-0.39, 0.29) is 5.41 Å². The van der Waals surface area contributed by atoms with Gasteiger partial charge in [0.1, 0.15) is 5.01 Å². The summed E-state index contributed by atoms with van der Waals surface area (Å²) in [4.78, 5) is 7.11. The Hall–Kier alpha value is -0.160. The topological polar surface area (TPSA) is 25.4 Å². The van der Waals surface area contributed by atoms with Gasteiger partial charge in [-0.25, -0.2) is 4.98 Å². The Morgan fingerprint density at radius 3 is 2.94 bits per heavy atom. The van der Waals surface area contributed by atoms with Crippen molar-refractivity contribution in [3.05, 3.63) is 16.1 Å². The molecular formula is C13H21ClN2OS. The molecule has 1 aromatic heterocycles. The first-order valence-electron chi connectivity index (χ1n) is 6.33. The summed E-state index contributed by atoms with van der Waals surface area (Å²) in [5, 5.41) is 3.35. The van der Waals surface area contributed by atoms with E-state index >= 15 is 0 Å². The van der Waals surface area contributed by atoms with Gasteiger partial charge in [0.2, 0.25) is 0 Å². The number of ether oxygens (including phenoxy) is 1. The smallest absolute Gasteiger partial charge is 0.107 e. The maximum atomic E-state index is 5.98. The third-order valence-electron chi connectivity index (χ3n) is 3.19. The van der Waals surface area contributed by atoms with Crippen LogP contribution in [0.3, 0.4) is 0 Å². The van der Waals surface area contributed by atoms with Crippen molar-refractivity contribution in [2.45, 2.75) is 38.8 Å². The zero-order valence-corrected chi connectivity index (χ0v) is 12.9. The standard InChI is InChI=1S/C13H21ClN2OS/c1-13(2,3)11-9-18-12(15-11)7-16-4-5-17-8-10(16)6-14/h9-10H,4-8H2,1-3H3. The summed E-state index contributed by atoms with van der Waals surface area (Å²) in [5.41, 5.74) is 1.31. The lowest BCUT2D eigenvalue weighted by Gasteiger charge is -2.33. The molecule has 1 aliphatic heterocycles. The lowest BCUT2D eigenvalue weighted by atomic mass is 9.93. The molecule has 0 spiro atoms. The van der Waals surface area contributed by atoms with E-state index in [2.05, 4.69) is 31.1 Å². The first-order valence-corrected chi connectivity index (χ1v) is 7.75. The lowest BCUT2D eigenvalue weighted by molar-refractivity contribution is -0.00309. The minimum Gasteiger partial charge on any atom is -0.378 e. The molecule has 0 saturated carbocycles. The van der Waals surface area contributed by atoms with E-state index in [4.69, 9.17) is 21.3 Å². The highest BCUT2D eigenvalue weighted by Crippen LogP contribution is 2.25. The van der Waals surface area contributed by atoms with E-state index in [0.717, 1.165) is 26.3 Å². The van der Waals surface area contributed by atoms with Crippen molar-refractivity contribution in [3.63, 3.8) is 0 Å². The summed E-state index contributed by atoms with van der Waals surface area (Å²) >= 11 is 7.73. The molecule has 2 heterocycles. The third-order valence-corrected chi connectivity index (χ3v) is 4.38. The average Bonchev–Trinajstić information content (AvgIpc) is 2.78. The molecule has 2 rings (SSSR count). The van der Waals surface area contributed by atoms with Crippen molar-refractivity contribution in [1.82, 2.24) is 9.88 Å². The van der Waals surface area contributed by atoms with E-state index in [1.54, 1.807) is 11.3 Å². The fourth-order valence-corrected chi connectivity index (χ4v) is 3.27. The summed E-state index contributed by atoms with van der Waals surface area (Å²) in [5.74, 6) is 0.623. The number of thiazole rings is 1. The van der Waals surface area contributed by atoms with Crippen molar-refractivity contribution in [2.75, 3.05) is 25.6 Å². The number of alkyl halides is 1. The molecule has 0 N–H and O–H groups in total. The van der Waals surface area contributed by atoms with E-state index < -0.39 is 0 Å². The van der Waals surface area contributed by atoms with Gasteiger partial charge in [0, 0.05) is 29.3 Å². The Bertz CT molecular complexity index is 389. The van der Waals surface area contributed by atoms with Crippen LogP contribution in [-0.4, -0.2) is 41.6 Å². The van der Waals surface area contributed by atoms with Gasteiger partial charge in [-0.05, 0) is 0 Å². The minimum absolute atomic E-state index is 0.131. The van der Waals surface area contributed by atoms with Gasteiger partial charge in [0.25, 0.3) is 0 Å². The van der Waals surface area contributed by atoms with Gasteiger partial charge < -0.3 is 4.74 Å². The van der Waals surface area contributed by atoms with Crippen LogP contribution in [0.4, 0.5) is 0 Å². The van der Waals surface area contributed by atoms with E-state index in [1.807, 2.05) is 0 Å². The molecule has 1 atom stereocenters. The number of nitrogens with zero attached hydrogens (tertiary/aromatic N) is 2. The van der Waals surface area contributed by atoms with Crippen LogP contribution in [0.5, 0.6) is 0 Å². The Labute approximate surface area is 118 Å². The first kappa shape index (κ1) is 14.3. The first-order chi connectivity index (χ1) is 8.50. The second-order valence-electron chi connectivity index (χ2n) is 5.73. The molecule has 18 heavy (non-hydrogen) atoms. The molecule has 1 fully saturated rings. The summed E-state index contributed by atoms with van der Waals surface area (Å²) in [6.07, 6.45) is 0. The molecule has 0 aliphatic carbocycles. The van der Waals surface area contributed by atoms with Crippen molar-refractivity contribution in [3.8, 4) is 0 Å². The van der Waals surface area contributed by atoms with Crippen molar-refractivity contribution >= 4 is 22.9 Å². The van der Waals surface area contributed by atoms with Crippen LogP contribution in [0.25, 0.3) is 0 Å². The van der Waals surface area contributed by atoms with Crippen molar-refractivity contribution in [1.29, 1.82) is 0 Å². The second-order valence-corrected chi connectivity index (χ2v) is 6.98. The summed E-state index contributed by atoms with van der Waals surface area (Å²) in [6.45, 7) is 9.96. The number of halogens is 1. The van der Waals surface area contributed by atoms with Gasteiger partial charge in [-0.15, -0.1) is 22.9 Å². The Morgan fingerprint density at radius 1 is 1.56 bits per heavy atom. The number of rotatable bonds is 3. The van der Waals surface area contributed by atoms with E-state index in [0.29, 0.717) is 11.9 Å². The molecule has 1 unspecified atom stereocenters. The molecule has 0 bridgehead atoms. The van der Waals surface area contributed by atoms with Gasteiger partial charge in [-0.2, -0.15) is 0 Å². The molecule has 0 amide bonds. The Morgan fingerprint density at radius 2 is 2.33 bits per heavy atom. The SMILES string of the molecule is CC(C)(C)c1csc(CN2CCOCC2CCl)n1. The average molecular weight is 289 g/mol. The van der Waals surface area contributed by atoms with Gasteiger partial charge in [0.05, 0.1) is 25.5 Å². The van der Waals surface area contributed by atoms with Crippen molar-refractivity contribution < 1.29 is 4.74 Å². The second kappa shape index (κ2) is 5.87. The molecule has 1 aromatic rings. The van der Waals surface area contributed by atoms with Crippen LogP contribution < -0.4 is 0 Å². The molecule has 0 radical (unpaired) electrons. The zero-order valence-electron chi connectivity index (χ0n) is 11.3. The fraction of sp³-hybridized carbons (Fsp3) is 0.769. The zero-order chi connectivity index (χ0) is 13.2. The van der Waals surface area contributed by atoms with Gasteiger partial charge in [0.15, 0.2) is 0 Å². The molecular weight excluding hydrogens is 268 g/mol. The van der Waals surface area contributed by atoms with Crippen LogP contribution in [0, 0.1) is 0 Å². The molecule has 1 saturated heterocycles. The third kappa shape index (κ3) is 3.44. The highest BCUT2D eigenvalue weighted by Gasteiger charge is 2.24. The molecule has 1 aliphatic rings. The van der Waals surface area contributed by atoms with Crippen LogP contribution in [0.1, 0.15) is 31.5 Å². The molecule has 5 heteroatoms. The summed E-state index contributed by atoms with van der Waals surface area (Å²) < 4.78 is 5.46. The Balaban J connectivity index is 2.02. The Kier molecular flexibility index (Phi) is 4.64. The van der Waals surface area contributed by atoms with Crippen LogP contribution in [0.15, 0.2) is 5.38 Å². The van der Waals surface area contributed by atoms with Crippen LogP contribution >= 0.6 is 22.9 Å². The van der Waals surface area contributed by atoms with Crippen LogP contribution in [0.2, 0.25) is 0 Å². The number of hydrogen-bond donors (Lipinski definition) is 0. The van der Waals surface area contributed by atoms with Gasteiger partial charge in [-0.3, -0.25) is 4.90 Å². The molecule has 0 aromatic carbocycles. The largest absolute Gasteiger partial charge is 0.378 e. The number of morpholine rings is 1. The van der Waals surface area contributed by atoms with Crippen LogP contribution in [-0.2, 0) is 16.7 Å². The quantitative estimate of drug-likeness (QED) is 0.800. The summed E-state index contributed by atoms with van der Waals surface area (Å²) in [7, 11) is 0. The number of hydrogen-bond acceptors (Lipinski definition) is 4. The van der Waals surface area contributed by atoms with E-state index in [1.165, 1.54) is 10.7 Å². The van der Waals surface area contributed by atoms with Gasteiger partial charge in [-0.1, -0.05) is 20.8 Å². The molecule has 3 nitrogen and oxygen atoms in total. The monoisotopic (exact) mass is 288 g/mol. The normalized spacial score (nSPS) is 22.3. The highest BCUT2D eigenvalue weighted by atomic mass is 35.5. The maximum Gasteiger partial charge on any atom is 0.107 e. The van der Waals surface area contributed by atoms with Crippen molar-refractivity contribution in [2.24, 2.45) is 0 Å². The summed E-state index contributed by atoms with van der Waals surface area (Å²) in [6, 6.07) is 0.322. The fourth-order valence-electron chi connectivity index (χ4n) is 1.94. The highest BCUT2D eigenvalue weighted by molar-refractivity contribution is 7.09. The predicted octanol–water partition coefficient (Wildman–Crippen LogP) is 2.88.